The van der Waals surface area contributed by atoms with Crippen molar-refractivity contribution in [2.24, 2.45) is 10.9 Å². The number of nitrogens with one attached hydrogen (secondary N) is 1. The monoisotopic (exact) mass is 328 g/mol. The van der Waals surface area contributed by atoms with Crippen LogP contribution in [0.1, 0.15) is 5.69 Å². The maximum atomic E-state index is 12.2. The number of rotatable bonds is 4. The number of hydrogen-bond acceptors (Lipinski definition) is 4. The van der Waals surface area contributed by atoms with Crippen LogP contribution in [0.25, 0.3) is 10.8 Å². The maximum Gasteiger partial charge on any atom is 0.358 e. The van der Waals surface area contributed by atoms with E-state index in [9.17, 15) is 8.42 Å². The normalized spacial score (nSPS) is 12.3. The van der Waals surface area contributed by atoms with E-state index in [-0.39, 0.29) is 10.7 Å². The number of fused-ring (bicyclic) bond motifs is 1. The molecule has 0 aliphatic carbocycles. The van der Waals surface area contributed by atoms with Gasteiger partial charge in [-0.05, 0) is 34.1 Å². The quantitative estimate of drug-likeness (QED) is 0.448. The summed E-state index contributed by atoms with van der Waals surface area (Å²) in [5, 5.41) is 5.23. The molecule has 0 saturated heterocycles. The van der Waals surface area contributed by atoms with Crippen molar-refractivity contribution in [1.82, 2.24) is 0 Å². The summed E-state index contributed by atoms with van der Waals surface area (Å²) >= 11 is 0. The average molecular weight is 328 g/mol. The molecule has 0 radical (unpaired) electrons. The van der Waals surface area contributed by atoms with Crippen LogP contribution in [0.4, 0.5) is 0 Å². The summed E-state index contributed by atoms with van der Waals surface area (Å²) in [6.07, 6.45) is 1.65. The molecule has 1 aromatic heterocycles. The second kappa shape index (κ2) is 6.05. The average Bonchev–Trinajstić information content (AvgIpc) is 2.60. The third-order valence-electron chi connectivity index (χ3n) is 3.23. The van der Waals surface area contributed by atoms with Crippen molar-refractivity contribution < 1.29 is 17.7 Å². The summed E-state index contributed by atoms with van der Waals surface area (Å²) in [6.45, 7) is 0. The van der Waals surface area contributed by atoms with Gasteiger partial charge in [0, 0.05) is 12.1 Å². The molecule has 0 bridgehead atoms. The summed E-state index contributed by atoms with van der Waals surface area (Å²) in [5.74, 6) is -0.0602. The Labute approximate surface area is 133 Å². The minimum absolute atomic E-state index is 0.0183. The van der Waals surface area contributed by atoms with E-state index in [4.69, 9.17) is 10.0 Å². The van der Waals surface area contributed by atoms with Crippen molar-refractivity contribution in [3.63, 3.8) is 0 Å². The van der Waals surface area contributed by atoms with Crippen molar-refractivity contribution in [1.29, 1.82) is 0 Å². The molecule has 0 fully saturated rings. The smallest absolute Gasteiger partial charge is 0.358 e. The zero-order valence-electron chi connectivity index (χ0n) is 12.0. The van der Waals surface area contributed by atoms with E-state index in [0.29, 0.717) is 5.69 Å². The van der Waals surface area contributed by atoms with Gasteiger partial charge in [-0.15, -0.1) is 0 Å². The summed E-state index contributed by atoms with van der Waals surface area (Å²) in [7, 11) is -4.04. The second-order valence-electron chi connectivity index (χ2n) is 4.79. The fourth-order valence-corrected chi connectivity index (χ4v) is 2.83. The Kier molecular flexibility index (Phi) is 3.94. The SMILES string of the molecule is NC(=NOS(=O)(=O)c1ccc2ccccc2c1)c1cccc[nH+]1. The summed E-state index contributed by atoms with van der Waals surface area (Å²) < 4.78 is 29.1. The highest BCUT2D eigenvalue weighted by Crippen LogP contribution is 2.20. The predicted octanol–water partition coefficient (Wildman–Crippen LogP) is 1.68. The lowest BCUT2D eigenvalue weighted by Gasteiger charge is -2.04. The van der Waals surface area contributed by atoms with E-state index in [1.165, 1.54) is 12.1 Å². The third kappa shape index (κ3) is 3.29. The van der Waals surface area contributed by atoms with Crippen LogP contribution < -0.4 is 10.7 Å². The number of nitrogens with two attached hydrogens (primary N) is 1. The zero-order chi connectivity index (χ0) is 16.3. The number of oxime groups is 1. The highest BCUT2D eigenvalue weighted by Gasteiger charge is 2.17. The van der Waals surface area contributed by atoms with Crippen molar-refractivity contribution in [3.05, 3.63) is 72.6 Å². The number of aromatic nitrogens is 1. The lowest BCUT2D eigenvalue weighted by molar-refractivity contribution is -0.380. The standard InChI is InChI=1S/C16H13N3O3S/c17-16(15-7-3-4-10-18-15)19-22-23(20,21)14-9-8-12-5-1-2-6-13(12)11-14/h1-11H,(H2,17,19)/p+1. The Balaban J connectivity index is 1.88. The summed E-state index contributed by atoms with van der Waals surface area (Å²) in [5.41, 5.74) is 6.16. The first kappa shape index (κ1) is 15.0. The molecule has 3 rings (SSSR count). The van der Waals surface area contributed by atoms with Gasteiger partial charge in [0.05, 0.1) is 0 Å². The highest BCUT2D eigenvalue weighted by molar-refractivity contribution is 7.86. The van der Waals surface area contributed by atoms with Crippen molar-refractivity contribution in [2.75, 3.05) is 0 Å². The highest BCUT2D eigenvalue weighted by atomic mass is 32.2. The van der Waals surface area contributed by atoms with E-state index >= 15 is 0 Å². The minimum Gasteiger partial charge on any atom is -0.375 e. The van der Waals surface area contributed by atoms with Gasteiger partial charge in [0.15, 0.2) is 6.20 Å². The number of amidine groups is 1. The molecule has 0 saturated carbocycles. The fraction of sp³-hybridized carbons (Fsp3) is 0. The molecule has 0 aliphatic heterocycles. The molecule has 7 heteroatoms. The van der Waals surface area contributed by atoms with Gasteiger partial charge in [-0.1, -0.05) is 30.3 Å². The van der Waals surface area contributed by atoms with Crippen LogP contribution in [0.15, 0.2) is 76.9 Å². The Morgan fingerprint density at radius 3 is 2.48 bits per heavy atom. The minimum atomic E-state index is -4.04. The molecule has 3 aromatic rings. The topological polar surface area (TPSA) is 95.9 Å². The molecule has 0 aliphatic rings. The van der Waals surface area contributed by atoms with Crippen LogP contribution in [-0.4, -0.2) is 14.3 Å². The molecule has 0 amide bonds. The van der Waals surface area contributed by atoms with Crippen LogP contribution in [0.3, 0.4) is 0 Å². The first-order valence-electron chi connectivity index (χ1n) is 6.79. The van der Waals surface area contributed by atoms with Crippen molar-refractivity contribution in [2.45, 2.75) is 4.90 Å². The van der Waals surface area contributed by atoms with E-state index in [0.717, 1.165) is 10.8 Å². The molecular weight excluding hydrogens is 314 g/mol. The van der Waals surface area contributed by atoms with E-state index < -0.39 is 10.1 Å². The first-order chi connectivity index (χ1) is 11.1. The van der Waals surface area contributed by atoms with E-state index in [1.54, 1.807) is 30.5 Å². The molecule has 3 N–H and O–H groups in total. The van der Waals surface area contributed by atoms with E-state index in [2.05, 4.69) is 10.1 Å². The predicted molar refractivity (Wildman–Crippen MR) is 85.9 cm³/mol. The Morgan fingerprint density at radius 2 is 1.74 bits per heavy atom. The van der Waals surface area contributed by atoms with Crippen LogP contribution in [0, 0.1) is 0 Å². The van der Waals surface area contributed by atoms with Crippen LogP contribution in [0.2, 0.25) is 0 Å². The Hall–Kier alpha value is -2.93. The number of hydrogen-bond donors (Lipinski definition) is 1. The van der Waals surface area contributed by atoms with Crippen LogP contribution in [-0.2, 0) is 14.4 Å². The lowest BCUT2D eigenvalue weighted by atomic mass is 10.1. The molecule has 116 valence electrons. The van der Waals surface area contributed by atoms with Gasteiger partial charge >= 0.3 is 10.1 Å². The van der Waals surface area contributed by atoms with Gasteiger partial charge in [-0.3, -0.25) is 4.28 Å². The Morgan fingerprint density at radius 1 is 1.00 bits per heavy atom. The van der Waals surface area contributed by atoms with Gasteiger partial charge in [0.1, 0.15) is 4.90 Å². The second-order valence-corrected chi connectivity index (χ2v) is 6.32. The van der Waals surface area contributed by atoms with Gasteiger partial charge in [-0.2, -0.15) is 8.42 Å². The first-order valence-corrected chi connectivity index (χ1v) is 8.20. The summed E-state index contributed by atoms with van der Waals surface area (Å²) in [6, 6.07) is 17.3. The zero-order valence-corrected chi connectivity index (χ0v) is 12.8. The summed E-state index contributed by atoms with van der Waals surface area (Å²) in [4.78, 5) is 2.86. The van der Waals surface area contributed by atoms with Crippen LogP contribution >= 0.6 is 0 Å². The van der Waals surface area contributed by atoms with E-state index in [1.807, 2.05) is 24.3 Å². The number of benzene rings is 2. The number of pyridine rings is 1. The third-order valence-corrected chi connectivity index (χ3v) is 4.33. The lowest BCUT2D eigenvalue weighted by Crippen LogP contribution is -2.24. The molecule has 1 heterocycles. The molecule has 2 aromatic carbocycles. The number of nitrogens with zero attached hydrogens (tertiary/aromatic N) is 1. The van der Waals surface area contributed by atoms with Crippen molar-refractivity contribution in [3.8, 4) is 0 Å². The molecular formula is C16H14N3O3S+. The van der Waals surface area contributed by atoms with Crippen molar-refractivity contribution >= 4 is 26.7 Å². The largest absolute Gasteiger partial charge is 0.375 e. The molecule has 0 unspecified atom stereocenters. The van der Waals surface area contributed by atoms with Gasteiger partial charge in [-0.25, -0.2) is 4.98 Å². The molecule has 23 heavy (non-hydrogen) atoms. The molecule has 6 nitrogen and oxygen atoms in total. The number of H-pyrrole nitrogens is 1. The van der Waals surface area contributed by atoms with Gasteiger partial charge in [0.2, 0.25) is 11.5 Å². The molecule has 0 spiro atoms. The number of aromatic amines is 1. The Bertz CT molecular complexity index is 970. The van der Waals surface area contributed by atoms with Crippen LogP contribution in [0.5, 0.6) is 0 Å². The molecule has 0 atom stereocenters. The fourth-order valence-electron chi connectivity index (χ4n) is 2.06. The maximum absolute atomic E-state index is 12.2. The van der Waals surface area contributed by atoms with Gasteiger partial charge in [0.25, 0.3) is 0 Å². The van der Waals surface area contributed by atoms with Gasteiger partial charge < -0.3 is 5.73 Å².